The lowest BCUT2D eigenvalue weighted by molar-refractivity contribution is 0.669. The maximum atomic E-state index is 6.56. The van der Waals surface area contributed by atoms with Gasteiger partial charge in [-0.05, 0) is 80.6 Å². The topological polar surface area (TPSA) is 65.0 Å². The fourth-order valence-electron chi connectivity index (χ4n) is 8.68. The molecule has 0 saturated carbocycles. The molecule has 0 radical (unpaired) electrons. The van der Waals surface area contributed by atoms with E-state index in [-0.39, 0.29) is 0 Å². The van der Waals surface area contributed by atoms with Crippen LogP contribution in [0.3, 0.4) is 0 Å². The molecule has 3 heterocycles. The summed E-state index contributed by atoms with van der Waals surface area (Å²) in [5, 5.41) is 6.48. The van der Waals surface area contributed by atoms with E-state index in [4.69, 9.17) is 23.8 Å². The second kappa shape index (κ2) is 13.8. The molecule has 280 valence electrons. The Bertz CT molecular complexity index is 3470. The SMILES string of the molecule is c1ccc(-c2ccc(-c3cc(-c4cccc5ccccc45)ccc3-c3nc(-c4cccc5c4oc4ccccc45)nc(-c4cccc5c4oc4ccccc45)n3)cc2)cc1. The maximum Gasteiger partial charge on any atom is 0.167 e. The Morgan fingerprint density at radius 3 is 1.37 bits per heavy atom. The van der Waals surface area contributed by atoms with Crippen LogP contribution in [-0.4, -0.2) is 15.0 Å². The Hall–Kier alpha value is -8.15. The van der Waals surface area contributed by atoms with E-state index >= 15 is 0 Å². The third kappa shape index (κ3) is 5.59. The van der Waals surface area contributed by atoms with Crippen molar-refractivity contribution in [3.63, 3.8) is 0 Å². The van der Waals surface area contributed by atoms with Crippen LogP contribution in [0.15, 0.2) is 209 Å². The molecule has 0 fully saturated rings. The lowest BCUT2D eigenvalue weighted by atomic mass is 9.91. The van der Waals surface area contributed by atoms with Crippen molar-refractivity contribution >= 4 is 54.6 Å². The van der Waals surface area contributed by atoms with Gasteiger partial charge < -0.3 is 8.83 Å². The van der Waals surface area contributed by atoms with E-state index in [9.17, 15) is 0 Å². The average Bonchev–Trinajstić information content (AvgIpc) is 3.90. The number of hydrogen-bond acceptors (Lipinski definition) is 5. The summed E-state index contributed by atoms with van der Waals surface area (Å²) in [6.07, 6.45) is 0. The second-order valence-electron chi connectivity index (χ2n) is 15.1. The van der Waals surface area contributed by atoms with Gasteiger partial charge in [-0.1, -0.05) is 164 Å². The number of hydrogen-bond donors (Lipinski definition) is 0. The van der Waals surface area contributed by atoms with Gasteiger partial charge in [0.2, 0.25) is 0 Å². The van der Waals surface area contributed by atoms with E-state index in [1.807, 2.05) is 66.7 Å². The van der Waals surface area contributed by atoms with E-state index in [0.29, 0.717) is 17.5 Å². The Kier molecular flexibility index (Phi) is 7.78. The van der Waals surface area contributed by atoms with Crippen molar-refractivity contribution in [3.05, 3.63) is 200 Å². The van der Waals surface area contributed by atoms with Gasteiger partial charge in [-0.3, -0.25) is 0 Å². The minimum absolute atomic E-state index is 0.510. The molecule has 0 amide bonds. The first kappa shape index (κ1) is 33.9. The van der Waals surface area contributed by atoms with Crippen LogP contribution in [0.5, 0.6) is 0 Å². The van der Waals surface area contributed by atoms with Crippen LogP contribution in [-0.2, 0) is 0 Å². The first-order chi connectivity index (χ1) is 29.7. The molecule has 5 heteroatoms. The van der Waals surface area contributed by atoms with Crippen molar-refractivity contribution in [1.29, 1.82) is 0 Å². The zero-order valence-electron chi connectivity index (χ0n) is 32.2. The largest absolute Gasteiger partial charge is 0.455 e. The van der Waals surface area contributed by atoms with Crippen molar-refractivity contribution in [2.24, 2.45) is 0 Å². The molecule has 3 aromatic heterocycles. The molecule has 0 atom stereocenters. The van der Waals surface area contributed by atoms with E-state index in [0.717, 1.165) is 88.4 Å². The van der Waals surface area contributed by atoms with Gasteiger partial charge >= 0.3 is 0 Å². The van der Waals surface area contributed by atoms with Gasteiger partial charge in [0, 0.05) is 27.1 Å². The molecule has 9 aromatic carbocycles. The fourth-order valence-corrected chi connectivity index (χ4v) is 8.68. The molecule has 0 aliphatic rings. The van der Waals surface area contributed by atoms with Gasteiger partial charge in [-0.25, -0.2) is 15.0 Å². The van der Waals surface area contributed by atoms with Gasteiger partial charge in [-0.2, -0.15) is 0 Å². The minimum atomic E-state index is 0.510. The third-order valence-corrected chi connectivity index (χ3v) is 11.6. The molecule has 0 saturated heterocycles. The smallest absolute Gasteiger partial charge is 0.167 e. The van der Waals surface area contributed by atoms with Gasteiger partial charge in [0.05, 0.1) is 11.1 Å². The highest BCUT2D eigenvalue weighted by Gasteiger charge is 2.22. The van der Waals surface area contributed by atoms with Crippen LogP contribution < -0.4 is 0 Å². The van der Waals surface area contributed by atoms with Crippen molar-refractivity contribution in [1.82, 2.24) is 15.0 Å². The summed E-state index contributed by atoms with van der Waals surface area (Å²) in [5.74, 6) is 1.57. The predicted octanol–water partition coefficient (Wildman–Crippen LogP) is 14.8. The molecule has 12 rings (SSSR count). The molecular formula is C55H33N3O2. The third-order valence-electron chi connectivity index (χ3n) is 11.6. The van der Waals surface area contributed by atoms with Crippen molar-refractivity contribution in [2.75, 3.05) is 0 Å². The molecule has 0 spiro atoms. The summed E-state index contributed by atoms with van der Waals surface area (Å²) in [6.45, 7) is 0. The van der Waals surface area contributed by atoms with Crippen molar-refractivity contribution in [2.45, 2.75) is 0 Å². The van der Waals surface area contributed by atoms with Gasteiger partial charge in [0.15, 0.2) is 17.5 Å². The molecule has 12 aromatic rings. The molecular weight excluding hydrogens is 735 g/mol. The number of furan rings is 2. The summed E-state index contributed by atoms with van der Waals surface area (Å²) in [5.41, 5.74) is 12.2. The quantitative estimate of drug-likeness (QED) is 0.169. The Labute approximate surface area is 344 Å². The molecule has 5 nitrogen and oxygen atoms in total. The number of nitrogens with zero attached hydrogens (tertiary/aromatic N) is 3. The molecule has 0 unspecified atom stereocenters. The van der Waals surface area contributed by atoms with E-state index in [1.165, 1.54) is 16.3 Å². The van der Waals surface area contributed by atoms with Crippen LogP contribution in [0.4, 0.5) is 0 Å². The van der Waals surface area contributed by atoms with Gasteiger partial charge in [0.1, 0.15) is 22.3 Å². The molecule has 0 aliphatic heterocycles. The number of rotatable bonds is 6. The highest BCUT2D eigenvalue weighted by molar-refractivity contribution is 6.10. The molecule has 0 bridgehead atoms. The maximum absolute atomic E-state index is 6.56. The summed E-state index contributed by atoms with van der Waals surface area (Å²) >= 11 is 0. The molecule has 0 N–H and O–H groups in total. The number of aromatic nitrogens is 3. The first-order valence-corrected chi connectivity index (χ1v) is 20.1. The van der Waals surface area contributed by atoms with Crippen molar-refractivity contribution < 1.29 is 8.83 Å². The predicted molar refractivity (Wildman–Crippen MR) is 245 cm³/mol. The monoisotopic (exact) mass is 767 g/mol. The zero-order valence-corrected chi connectivity index (χ0v) is 32.2. The highest BCUT2D eigenvalue weighted by Crippen LogP contribution is 2.41. The Morgan fingerprint density at radius 1 is 0.267 bits per heavy atom. The summed E-state index contributed by atoms with van der Waals surface area (Å²) < 4.78 is 13.1. The lowest BCUT2D eigenvalue weighted by Crippen LogP contribution is -2.02. The van der Waals surface area contributed by atoms with E-state index in [2.05, 4.69) is 133 Å². The van der Waals surface area contributed by atoms with E-state index < -0.39 is 0 Å². The fraction of sp³-hybridized carbons (Fsp3) is 0. The molecule has 60 heavy (non-hydrogen) atoms. The summed E-state index contributed by atoms with van der Waals surface area (Å²) in [7, 11) is 0. The van der Waals surface area contributed by atoms with Crippen molar-refractivity contribution in [3.8, 4) is 67.5 Å². The van der Waals surface area contributed by atoms with Crippen LogP contribution in [0, 0.1) is 0 Å². The number of para-hydroxylation sites is 4. The highest BCUT2D eigenvalue weighted by atomic mass is 16.3. The lowest BCUT2D eigenvalue weighted by Gasteiger charge is -2.15. The van der Waals surface area contributed by atoms with Crippen LogP contribution >= 0.6 is 0 Å². The summed E-state index contributed by atoms with van der Waals surface area (Å²) in [4.78, 5) is 15.9. The van der Waals surface area contributed by atoms with Crippen LogP contribution in [0.1, 0.15) is 0 Å². The first-order valence-electron chi connectivity index (χ1n) is 20.1. The summed E-state index contributed by atoms with van der Waals surface area (Å²) in [6, 6.07) is 69.4. The zero-order chi connectivity index (χ0) is 39.6. The van der Waals surface area contributed by atoms with Crippen LogP contribution in [0.25, 0.3) is 122 Å². The normalized spacial score (nSPS) is 11.7. The average molecular weight is 768 g/mol. The Morgan fingerprint density at radius 2 is 0.717 bits per heavy atom. The Balaban J connectivity index is 1.12. The molecule has 0 aliphatic carbocycles. The van der Waals surface area contributed by atoms with Crippen LogP contribution in [0.2, 0.25) is 0 Å². The van der Waals surface area contributed by atoms with Gasteiger partial charge in [0.25, 0.3) is 0 Å². The number of benzene rings is 9. The number of fused-ring (bicyclic) bond motifs is 7. The standard InChI is InChI=1S/C55H33N3O2/c1-2-13-34(14-3-1)35-27-29-37(30-28-35)48-33-38(40-20-10-16-36-15-4-5-17-39(36)40)31-32-45(48)53-56-54(46-23-11-21-43-41-18-6-8-25-49(41)59-51(43)46)58-55(57-53)47-24-12-22-44-42-19-7-9-26-50(42)60-52(44)47/h1-33H. The van der Waals surface area contributed by atoms with Gasteiger partial charge in [-0.15, -0.1) is 0 Å². The minimum Gasteiger partial charge on any atom is -0.455 e. The second-order valence-corrected chi connectivity index (χ2v) is 15.1. The van der Waals surface area contributed by atoms with E-state index in [1.54, 1.807) is 0 Å².